The van der Waals surface area contributed by atoms with Gasteiger partial charge in [-0.2, -0.15) is 0 Å². The number of hydrogen-bond acceptors (Lipinski definition) is 4. The maximum atomic E-state index is 5.64. The molecule has 0 aromatic carbocycles. The second kappa shape index (κ2) is 4.14. The van der Waals surface area contributed by atoms with Gasteiger partial charge in [0, 0.05) is 7.11 Å². The van der Waals surface area contributed by atoms with Crippen LogP contribution in [-0.2, 0) is 10.3 Å². The van der Waals surface area contributed by atoms with E-state index in [1.54, 1.807) is 19.5 Å². The van der Waals surface area contributed by atoms with E-state index in [-0.39, 0.29) is 5.60 Å². The van der Waals surface area contributed by atoms with Gasteiger partial charge in [-0.1, -0.05) is 19.3 Å². The zero-order valence-electron chi connectivity index (χ0n) is 9.07. The van der Waals surface area contributed by atoms with Crippen LogP contribution < -0.4 is 5.73 Å². The van der Waals surface area contributed by atoms with E-state index in [4.69, 9.17) is 10.5 Å². The van der Waals surface area contributed by atoms with Crippen LogP contribution in [0.15, 0.2) is 12.4 Å². The summed E-state index contributed by atoms with van der Waals surface area (Å²) in [5, 5.41) is 0. The second-order valence-corrected chi connectivity index (χ2v) is 4.10. The molecule has 2 rings (SSSR count). The van der Waals surface area contributed by atoms with Crippen molar-refractivity contribution < 1.29 is 4.74 Å². The Kier molecular flexibility index (Phi) is 2.86. The predicted octanol–water partition coefficient (Wildman–Crippen LogP) is 1.86. The molecular weight excluding hydrogens is 190 g/mol. The Balaban J connectivity index is 2.28. The number of ether oxygens (including phenoxy) is 1. The first kappa shape index (κ1) is 10.4. The average molecular weight is 207 g/mol. The van der Waals surface area contributed by atoms with Crippen molar-refractivity contribution in [2.45, 2.75) is 37.7 Å². The molecule has 0 bridgehead atoms. The van der Waals surface area contributed by atoms with Crippen LogP contribution in [0.25, 0.3) is 0 Å². The Bertz CT molecular complexity index is 317. The van der Waals surface area contributed by atoms with Crippen molar-refractivity contribution in [3.8, 4) is 0 Å². The van der Waals surface area contributed by atoms with Gasteiger partial charge >= 0.3 is 0 Å². The molecule has 1 fully saturated rings. The van der Waals surface area contributed by atoms with Crippen LogP contribution in [0.5, 0.6) is 0 Å². The molecule has 0 radical (unpaired) electrons. The number of nitrogen functional groups attached to an aromatic ring is 1. The highest BCUT2D eigenvalue weighted by atomic mass is 16.5. The van der Waals surface area contributed by atoms with Gasteiger partial charge in [-0.15, -0.1) is 0 Å². The maximum Gasteiger partial charge on any atom is 0.160 e. The van der Waals surface area contributed by atoms with Gasteiger partial charge in [0.05, 0.1) is 18.1 Å². The topological polar surface area (TPSA) is 61.0 Å². The van der Waals surface area contributed by atoms with E-state index >= 15 is 0 Å². The largest absolute Gasteiger partial charge is 0.396 e. The average Bonchev–Trinajstić information content (AvgIpc) is 2.31. The van der Waals surface area contributed by atoms with E-state index in [1.165, 1.54) is 19.3 Å². The molecule has 1 aromatic rings. The van der Waals surface area contributed by atoms with Crippen molar-refractivity contribution in [1.82, 2.24) is 9.97 Å². The predicted molar refractivity (Wildman–Crippen MR) is 58.2 cm³/mol. The fourth-order valence-electron chi connectivity index (χ4n) is 2.22. The zero-order valence-corrected chi connectivity index (χ0v) is 9.07. The minimum atomic E-state index is -0.272. The van der Waals surface area contributed by atoms with Crippen LogP contribution in [0.1, 0.15) is 37.9 Å². The molecule has 0 amide bonds. The second-order valence-electron chi connectivity index (χ2n) is 4.10. The third-order valence-electron chi connectivity index (χ3n) is 3.13. The number of rotatable bonds is 2. The lowest BCUT2D eigenvalue weighted by Crippen LogP contribution is -2.33. The fourth-order valence-corrected chi connectivity index (χ4v) is 2.22. The third-order valence-corrected chi connectivity index (χ3v) is 3.13. The number of nitrogens with zero attached hydrogens (tertiary/aromatic N) is 2. The number of aromatic nitrogens is 2. The molecule has 2 N–H and O–H groups in total. The van der Waals surface area contributed by atoms with E-state index in [1.807, 2.05) is 0 Å². The molecule has 4 nitrogen and oxygen atoms in total. The minimum Gasteiger partial charge on any atom is -0.396 e. The van der Waals surface area contributed by atoms with Crippen LogP contribution in [0.2, 0.25) is 0 Å². The van der Waals surface area contributed by atoms with E-state index in [2.05, 4.69) is 9.97 Å². The van der Waals surface area contributed by atoms with Crippen LogP contribution in [-0.4, -0.2) is 17.1 Å². The molecule has 15 heavy (non-hydrogen) atoms. The molecular formula is C11H17N3O. The number of nitrogens with two attached hydrogens (primary N) is 1. The van der Waals surface area contributed by atoms with Gasteiger partial charge in [-0.3, -0.25) is 0 Å². The minimum absolute atomic E-state index is 0.272. The van der Waals surface area contributed by atoms with Crippen LogP contribution in [0, 0.1) is 0 Å². The summed E-state index contributed by atoms with van der Waals surface area (Å²) in [5.41, 5.74) is 5.90. The molecule has 82 valence electrons. The van der Waals surface area contributed by atoms with Crippen molar-refractivity contribution >= 4 is 5.69 Å². The standard InChI is InChI=1S/C11H17N3O/c1-15-11(5-3-2-4-6-11)10-13-7-9(12)8-14-10/h7-8H,2-6,12H2,1H3. The van der Waals surface area contributed by atoms with Crippen LogP contribution in [0.3, 0.4) is 0 Å². The van der Waals surface area contributed by atoms with Crippen LogP contribution in [0.4, 0.5) is 5.69 Å². The first-order chi connectivity index (χ1) is 7.27. The lowest BCUT2D eigenvalue weighted by atomic mass is 9.84. The Morgan fingerprint density at radius 2 is 1.80 bits per heavy atom. The highest BCUT2D eigenvalue weighted by Gasteiger charge is 2.36. The SMILES string of the molecule is COC1(c2ncc(N)cn2)CCCCC1. The molecule has 0 aliphatic heterocycles. The van der Waals surface area contributed by atoms with E-state index in [9.17, 15) is 0 Å². The molecule has 0 atom stereocenters. The van der Waals surface area contributed by atoms with E-state index in [0.717, 1.165) is 18.7 Å². The van der Waals surface area contributed by atoms with Gasteiger partial charge in [-0.25, -0.2) is 9.97 Å². The number of anilines is 1. The van der Waals surface area contributed by atoms with Crippen molar-refractivity contribution in [2.75, 3.05) is 12.8 Å². The van der Waals surface area contributed by atoms with Crippen LogP contribution >= 0.6 is 0 Å². The maximum absolute atomic E-state index is 5.64. The summed E-state index contributed by atoms with van der Waals surface area (Å²) in [6, 6.07) is 0. The molecule has 0 spiro atoms. The van der Waals surface area contributed by atoms with Gasteiger partial charge in [0.1, 0.15) is 5.60 Å². The molecule has 1 heterocycles. The van der Waals surface area contributed by atoms with Gasteiger partial charge < -0.3 is 10.5 Å². The summed E-state index contributed by atoms with van der Waals surface area (Å²) in [6.45, 7) is 0. The normalized spacial score (nSPS) is 20.1. The summed E-state index contributed by atoms with van der Waals surface area (Å²) in [6.07, 6.45) is 8.96. The monoisotopic (exact) mass is 207 g/mol. The Morgan fingerprint density at radius 3 is 2.33 bits per heavy atom. The lowest BCUT2D eigenvalue weighted by molar-refractivity contribution is -0.0514. The van der Waals surface area contributed by atoms with Gasteiger partial charge in [0.15, 0.2) is 5.82 Å². The van der Waals surface area contributed by atoms with E-state index < -0.39 is 0 Å². The number of methoxy groups -OCH3 is 1. The molecule has 1 aliphatic rings. The fraction of sp³-hybridized carbons (Fsp3) is 0.636. The van der Waals surface area contributed by atoms with Crippen molar-refractivity contribution in [1.29, 1.82) is 0 Å². The molecule has 4 heteroatoms. The summed E-state index contributed by atoms with van der Waals surface area (Å²) in [7, 11) is 1.74. The highest BCUT2D eigenvalue weighted by Crippen LogP contribution is 2.37. The smallest absolute Gasteiger partial charge is 0.160 e. The Morgan fingerprint density at radius 1 is 1.20 bits per heavy atom. The molecule has 1 saturated carbocycles. The summed E-state index contributed by atoms with van der Waals surface area (Å²) in [5.74, 6) is 0.777. The first-order valence-corrected chi connectivity index (χ1v) is 5.40. The third kappa shape index (κ3) is 1.95. The lowest BCUT2D eigenvalue weighted by Gasteiger charge is -2.34. The molecule has 0 unspecified atom stereocenters. The number of hydrogen-bond donors (Lipinski definition) is 1. The highest BCUT2D eigenvalue weighted by molar-refractivity contribution is 5.30. The molecule has 0 saturated heterocycles. The van der Waals surface area contributed by atoms with Gasteiger partial charge in [-0.05, 0) is 12.8 Å². The summed E-state index contributed by atoms with van der Waals surface area (Å²) < 4.78 is 5.64. The van der Waals surface area contributed by atoms with Gasteiger partial charge in [0.25, 0.3) is 0 Å². The zero-order chi connectivity index (χ0) is 10.7. The molecule has 1 aromatic heterocycles. The first-order valence-electron chi connectivity index (χ1n) is 5.40. The van der Waals surface area contributed by atoms with Crippen molar-refractivity contribution in [3.63, 3.8) is 0 Å². The Labute approximate surface area is 89.9 Å². The summed E-state index contributed by atoms with van der Waals surface area (Å²) in [4.78, 5) is 8.57. The van der Waals surface area contributed by atoms with Gasteiger partial charge in [0.2, 0.25) is 0 Å². The summed E-state index contributed by atoms with van der Waals surface area (Å²) >= 11 is 0. The van der Waals surface area contributed by atoms with E-state index in [0.29, 0.717) is 5.69 Å². The molecule has 1 aliphatic carbocycles. The Hall–Kier alpha value is -1.16. The van der Waals surface area contributed by atoms with Crippen molar-refractivity contribution in [2.24, 2.45) is 0 Å². The quantitative estimate of drug-likeness (QED) is 0.804. The van der Waals surface area contributed by atoms with Crippen molar-refractivity contribution in [3.05, 3.63) is 18.2 Å².